The molecule has 150 heavy (non-hydrogen) atoms. The monoisotopic (exact) mass is 2060 g/mol. The Hall–Kier alpha value is -19.1. The first-order chi connectivity index (χ1) is 71.8. The summed E-state index contributed by atoms with van der Waals surface area (Å²) < 4.78 is 43.3. The normalized spacial score (nSPS) is 10.1. The van der Waals surface area contributed by atoms with Crippen molar-refractivity contribution in [1.29, 1.82) is 0 Å². The van der Waals surface area contributed by atoms with E-state index in [1.807, 2.05) is 129 Å². The number of nitrogen functional groups attached to an aromatic ring is 1. The van der Waals surface area contributed by atoms with Crippen LogP contribution >= 0.6 is 0 Å². The Labute approximate surface area is 865 Å². The number of nitrogens with zero attached hydrogens (tertiary/aromatic N) is 8. The van der Waals surface area contributed by atoms with E-state index in [4.69, 9.17) is 34.2 Å². The first-order valence-corrected chi connectivity index (χ1v) is 46.3. The summed E-state index contributed by atoms with van der Waals surface area (Å²) in [4.78, 5) is 188. The molecule has 12 aromatic carbocycles. The van der Waals surface area contributed by atoms with E-state index in [0.29, 0.717) is 12.2 Å². The van der Waals surface area contributed by atoms with Crippen molar-refractivity contribution in [2.24, 2.45) is 0 Å². The van der Waals surface area contributed by atoms with Gasteiger partial charge in [-0.2, -0.15) is 0 Å². The maximum Gasteiger partial charge on any atom is 0.298 e. The van der Waals surface area contributed by atoms with Crippen LogP contribution in [0.4, 0.5) is 51.2 Å². The number of hydrogen-bond acceptors (Lipinski definition) is 39. The zero-order valence-electron chi connectivity index (χ0n) is 85.3. The highest BCUT2D eigenvalue weighted by Crippen LogP contribution is 2.40. The van der Waals surface area contributed by atoms with Crippen LogP contribution in [0.2, 0.25) is 0 Å². The second kappa shape index (κ2) is 58.0. The maximum atomic E-state index is 13.0. The summed E-state index contributed by atoms with van der Waals surface area (Å²) in [7, 11) is 14.7. The fourth-order valence-electron chi connectivity index (χ4n) is 14.9. The van der Waals surface area contributed by atoms with Gasteiger partial charge in [0.25, 0.3) is 58.2 Å². The topological polar surface area (TPSA) is 512 Å². The van der Waals surface area contributed by atoms with Gasteiger partial charge in [0.2, 0.25) is 0 Å². The minimum Gasteiger partial charge on any atom is -0.507 e. The van der Waals surface area contributed by atoms with E-state index in [1.54, 1.807) is 122 Å². The molecule has 39 nitrogen and oxygen atoms in total. The fourth-order valence-corrected chi connectivity index (χ4v) is 14.9. The third-order valence-electron chi connectivity index (χ3n) is 22.8. The number of hydrogen-bond donors (Lipinski definition) is 7. The van der Waals surface area contributed by atoms with Crippen LogP contribution in [0, 0.1) is 0 Å². The molecule has 0 unspecified atom stereocenters. The van der Waals surface area contributed by atoms with Gasteiger partial charge in [-0.1, -0.05) is 0 Å². The molecule has 0 amide bonds. The second-order valence-electron chi connectivity index (χ2n) is 32.5. The SMILES string of the molecule is CCN(CC)c1ccc(C(=O)c2ccc(N(C)C)cc2OC=O)c(O)c1.CCN(CC)c1ccc(C(=O)c2ccc(N(CC)CC)cc2OC=O)c(O)c1.CCN(CC)c1ccc(C(=O)c2ccc(OC=O)cc2OC=O)c(O)c1.CN(C)c1ccc(C(=O)c2ccc(N(C)C)cc2OC=O)c(O)c1.CN(C)c1ccc(C(=O)c2ccc(OC=O)cc2OC=O)c(O)c1.Nc1ccc(C(=O)c2ccc(OC=O)cc2OC=O)c(O)c1. The molecule has 0 heterocycles. The van der Waals surface area contributed by atoms with Crippen LogP contribution in [-0.4, -0.2) is 232 Å². The molecule has 0 fully saturated rings. The summed E-state index contributed by atoms with van der Waals surface area (Å²) in [5, 5.41) is 61.2. The summed E-state index contributed by atoms with van der Waals surface area (Å²) in [6.07, 6.45) is 0. The standard InChI is InChI=1S/C22H28N2O4.C20H24N2O4.C19H19NO6.C18H20N2O4.C17H15NO6.C15H11NO6/c1-5-23(6-2)16-9-11-18(20(26)13-16)22(27)19-12-10-17(24(7-3)8-4)14-21(19)28-15-25;1-5-22(6-2)15-8-9-16(18(24)11-15)20(25)17-10-7-14(21(3)4)12-19(17)26-13-23;1-3-20(4-2)13-5-7-15(17(23)9-13)19(24)16-8-6-14(25-11-21)10-18(16)26-12-22;1-19(2)12-5-7-14(16(22)9-12)18(23)15-8-6-13(20(3)4)10-17(15)24-11-21;1-18(2)11-3-5-13(15(21)7-11)17(22)14-6-4-12(23-9-19)8-16(14)24-10-20;16-9-1-3-11(13(19)5-9)15(20)12-4-2-10(21-7-17)6-14(12)22-8-18/h9-15,26H,5-8H2,1-4H3;7-13,24H,5-6H2,1-4H3;5-12,23H,3-4H2,1-2H3;5-11,22H,1-4H3;3-10,21H,1-2H3;1-8,19H,16H2. The Morgan fingerprint density at radius 2 is 0.360 bits per heavy atom. The van der Waals surface area contributed by atoms with Crippen molar-refractivity contribution in [3.05, 3.63) is 285 Å². The van der Waals surface area contributed by atoms with Gasteiger partial charge in [0.15, 0.2) is 34.7 Å². The van der Waals surface area contributed by atoms with Crippen LogP contribution in [0.1, 0.15) is 151 Å². The number of ketones is 6. The van der Waals surface area contributed by atoms with Gasteiger partial charge in [0, 0.05) is 233 Å². The van der Waals surface area contributed by atoms with Gasteiger partial charge in [-0.15, -0.1) is 0 Å². The average molecular weight is 2060 g/mol. The van der Waals surface area contributed by atoms with Gasteiger partial charge in [-0.25, -0.2) is 0 Å². The lowest BCUT2D eigenvalue weighted by Gasteiger charge is -2.22. The fraction of sp³-hybridized carbons (Fsp3) is 0.216. The van der Waals surface area contributed by atoms with E-state index >= 15 is 0 Å². The lowest BCUT2D eigenvalue weighted by Crippen LogP contribution is -2.22. The summed E-state index contributed by atoms with van der Waals surface area (Å²) >= 11 is 0. The summed E-state index contributed by atoms with van der Waals surface area (Å²) in [5.41, 5.74) is 13.6. The van der Waals surface area contributed by atoms with Crippen LogP contribution in [0.25, 0.3) is 0 Å². The molecule has 8 N–H and O–H groups in total. The van der Waals surface area contributed by atoms with Crippen molar-refractivity contribution in [3.63, 3.8) is 0 Å². The molecule has 0 aliphatic heterocycles. The van der Waals surface area contributed by atoms with Gasteiger partial charge in [-0.05, 0) is 201 Å². The van der Waals surface area contributed by atoms with Crippen LogP contribution in [0.5, 0.6) is 86.2 Å². The first kappa shape index (κ1) is 118. The Balaban J connectivity index is 0.000000244. The lowest BCUT2D eigenvalue weighted by atomic mass is 10.00. The molecule has 786 valence electrons. The Bertz CT molecular complexity index is 6810. The van der Waals surface area contributed by atoms with E-state index < -0.39 is 34.7 Å². The molecule has 0 saturated carbocycles. The highest BCUT2D eigenvalue weighted by molar-refractivity contribution is 6.17. The van der Waals surface area contributed by atoms with E-state index in [2.05, 4.69) is 28.9 Å². The summed E-state index contributed by atoms with van der Waals surface area (Å²) in [5.74, 6) is -3.28. The maximum absolute atomic E-state index is 13.0. The Morgan fingerprint density at radius 3 is 0.547 bits per heavy atom. The molecule has 0 aromatic heterocycles. The van der Waals surface area contributed by atoms with Gasteiger partial charge in [0.1, 0.15) is 86.2 Å². The minimum atomic E-state index is -0.577. The quantitative estimate of drug-likeness (QED) is 0.0106. The molecule has 39 heteroatoms. The largest absolute Gasteiger partial charge is 0.507 e. The van der Waals surface area contributed by atoms with Crippen molar-refractivity contribution in [3.8, 4) is 86.2 Å². The van der Waals surface area contributed by atoms with E-state index in [9.17, 15) is 103 Å². The van der Waals surface area contributed by atoms with Gasteiger partial charge in [0.05, 0.1) is 66.8 Å². The van der Waals surface area contributed by atoms with Crippen molar-refractivity contribution in [1.82, 2.24) is 0 Å². The first-order valence-electron chi connectivity index (χ1n) is 46.3. The number of carbonyl (C=O) groups excluding carboxylic acids is 15. The van der Waals surface area contributed by atoms with E-state index in [0.717, 1.165) is 97.9 Å². The second-order valence-corrected chi connectivity index (χ2v) is 32.5. The molecule has 12 rings (SSSR count). The predicted octanol–water partition coefficient (Wildman–Crippen LogP) is 14.8. The smallest absolute Gasteiger partial charge is 0.298 e. The molecule has 0 radical (unpaired) electrons. The van der Waals surface area contributed by atoms with Crippen LogP contribution in [-0.2, 0) is 43.2 Å². The third-order valence-corrected chi connectivity index (χ3v) is 22.8. The number of phenols is 6. The zero-order valence-corrected chi connectivity index (χ0v) is 85.3. The molecule has 0 atom stereocenters. The molecular weight excluding hydrogens is 1940 g/mol. The summed E-state index contributed by atoms with van der Waals surface area (Å²) in [6.45, 7) is 24.4. The van der Waals surface area contributed by atoms with E-state index in [-0.39, 0.29) is 205 Å². The van der Waals surface area contributed by atoms with Crippen LogP contribution in [0.3, 0.4) is 0 Å². The molecule has 0 spiro atoms. The lowest BCUT2D eigenvalue weighted by molar-refractivity contribution is -0.122. The van der Waals surface area contributed by atoms with Gasteiger partial charge in [-0.3, -0.25) is 71.9 Å². The van der Waals surface area contributed by atoms with Gasteiger partial charge < -0.3 is 118 Å². The number of phenolic OH excluding ortho intramolecular Hbond substituents is 6. The van der Waals surface area contributed by atoms with Crippen molar-refractivity contribution < 1.29 is 145 Å². The molecule has 12 aromatic rings. The Morgan fingerprint density at radius 1 is 0.207 bits per heavy atom. The number of ether oxygens (including phenoxy) is 9. The molecule has 0 aliphatic rings. The number of rotatable bonds is 46. The highest BCUT2D eigenvalue weighted by Gasteiger charge is 2.28. The number of aromatic hydroxyl groups is 6. The summed E-state index contributed by atoms with van der Waals surface area (Å²) in [6, 6.07) is 55.1. The molecular formula is C111H117N9O30. The van der Waals surface area contributed by atoms with Crippen LogP contribution < -0.4 is 87.6 Å². The zero-order chi connectivity index (χ0) is 111. The van der Waals surface area contributed by atoms with Gasteiger partial charge >= 0.3 is 0 Å². The number of nitrogens with two attached hydrogens (primary N) is 1. The molecule has 0 bridgehead atoms. The average Bonchev–Trinajstić information content (AvgIpc) is 0.813. The number of carbonyl (C=O) groups is 15. The third kappa shape index (κ3) is 31.2. The van der Waals surface area contributed by atoms with E-state index in [1.165, 1.54) is 103 Å². The number of anilines is 9. The molecule has 0 saturated heterocycles. The Kier molecular flexibility index (Phi) is 45.6. The minimum absolute atomic E-state index is 0.00555. The van der Waals surface area contributed by atoms with Crippen molar-refractivity contribution in [2.75, 3.05) is 154 Å². The van der Waals surface area contributed by atoms with Crippen LogP contribution in [0.15, 0.2) is 218 Å². The van der Waals surface area contributed by atoms with Crippen molar-refractivity contribution in [2.45, 2.75) is 55.4 Å². The highest BCUT2D eigenvalue weighted by atomic mass is 16.6. The predicted molar refractivity (Wildman–Crippen MR) is 564 cm³/mol. The number of benzene rings is 12. The molecule has 0 aliphatic carbocycles. The van der Waals surface area contributed by atoms with Crippen molar-refractivity contribution >= 4 is 144 Å².